The Kier molecular flexibility index (Phi) is 2.75. The predicted octanol–water partition coefficient (Wildman–Crippen LogP) is 2.34. The van der Waals surface area contributed by atoms with Crippen molar-refractivity contribution in [2.45, 2.75) is 12.4 Å². The summed E-state index contributed by atoms with van der Waals surface area (Å²) >= 11 is 5.85. The van der Waals surface area contributed by atoms with Crippen LogP contribution in [-0.2, 0) is 12.4 Å². The third-order valence-electron chi connectivity index (χ3n) is 2.41. The molecule has 2 aromatic rings. The van der Waals surface area contributed by atoms with Crippen LogP contribution in [0.25, 0.3) is 10.9 Å². The van der Waals surface area contributed by atoms with E-state index in [1.807, 2.05) is 16.7 Å². The molecule has 2 N–H and O–H groups in total. The normalized spacial score (nSPS) is 11.0. The van der Waals surface area contributed by atoms with E-state index in [1.54, 1.807) is 0 Å². The number of hydrogen-bond acceptors (Lipinski definition) is 1. The number of benzene rings is 1. The van der Waals surface area contributed by atoms with Gasteiger partial charge >= 0.3 is 0 Å². The zero-order valence-electron chi connectivity index (χ0n) is 7.91. The van der Waals surface area contributed by atoms with E-state index >= 15 is 0 Å². The van der Waals surface area contributed by atoms with Crippen molar-refractivity contribution in [2.75, 3.05) is 6.54 Å². The number of para-hydroxylation sites is 1. The van der Waals surface area contributed by atoms with Crippen molar-refractivity contribution >= 4 is 22.5 Å². The third kappa shape index (κ3) is 1.51. The van der Waals surface area contributed by atoms with E-state index in [2.05, 4.69) is 18.3 Å². The molecule has 1 aromatic heterocycles. The second kappa shape index (κ2) is 4.03. The highest BCUT2D eigenvalue weighted by molar-refractivity contribution is 6.16. The van der Waals surface area contributed by atoms with Gasteiger partial charge in [-0.25, -0.2) is 0 Å². The Morgan fingerprint density at radius 3 is 2.79 bits per heavy atom. The minimum Gasteiger partial charge on any atom is -0.333 e. The first-order valence-corrected chi connectivity index (χ1v) is 5.23. The molecule has 1 heterocycles. The van der Waals surface area contributed by atoms with Crippen molar-refractivity contribution < 1.29 is 0 Å². The summed E-state index contributed by atoms with van der Waals surface area (Å²) < 4.78 is 2.04. The summed E-state index contributed by atoms with van der Waals surface area (Å²) in [6.45, 7) is 0.677. The van der Waals surface area contributed by atoms with Gasteiger partial charge in [0, 0.05) is 17.1 Å². The molecule has 1 aromatic carbocycles. The fraction of sp³-hybridized carbons (Fsp3) is 0.273. The molecule has 0 saturated carbocycles. The second-order valence-electron chi connectivity index (χ2n) is 3.30. The van der Waals surface area contributed by atoms with Gasteiger partial charge in [-0.15, -0.1) is 11.6 Å². The molecule has 3 heteroatoms. The lowest BCUT2D eigenvalue weighted by Crippen LogP contribution is -2.01. The van der Waals surface area contributed by atoms with Crippen molar-refractivity contribution in [2.24, 2.45) is 5.73 Å². The minimum atomic E-state index is 0.491. The lowest BCUT2D eigenvalue weighted by atomic mass is 10.1. The van der Waals surface area contributed by atoms with E-state index in [-0.39, 0.29) is 0 Å². The summed E-state index contributed by atoms with van der Waals surface area (Å²) in [4.78, 5) is 0. The van der Waals surface area contributed by atoms with Gasteiger partial charge < -0.3 is 10.3 Å². The summed E-state index contributed by atoms with van der Waals surface area (Å²) in [6.07, 6.45) is 2.99. The lowest BCUT2D eigenvalue weighted by Gasteiger charge is -1.96. The Morgan fingerprint density at radius 1 is 1.29 bits per heavy atom. The Morgan fingerprint density at radius 2 is 2.07 bits per heavy atom. The monoisotopic (exact) mass is 208 g/mol. The molecule has 0 aliphatic rings. The van der Waals surface area contributed by atoms with Crippen molar-refractivity contribution in [3.8, 4) is 0 Å². The van der Waals surface area contributed by atoms with E-state index < -0.39 is 0 Å². The Labute approximate surface area is 88.3 Å². The number of halogens is 1. The quantitative estimate of drug-likeness (QED) is 0.772. The molecule has 2 nitrogen and oxygen atoms in total. The van der Waals surface area contributed by atoms with Gasteiger partial charge in [-0.2, -0.15) is 0 Å². The molecule has 0 amide bonds. The first kappa shape index (κ1) is 9.56. The topological polar surface area (TPSA) is 30.9 Å². The maximum absolute atomic E-state index is 5.85. The minimum absolute atomic E-state index is 0.491. The van der Waals surface area contributed by atoms with E-state index in [0.29, 0.717) is 12.5 Å². The van der Waals surface area contributed by atoms with Crippen LogP contribution in [0.4, 0.5) is 0 Å². The van der Waals surface area contributed by atoms with Crippen LogP contribution in [-0.4, -0.2) is 11.1 Å². The Hall–Kier alpha value is -0.990. The predicted molar refractivity (Wildman–Crippen MR) is 60.5 cm³/mol. The summed E-state index contributed by atoms with van der Waals surface area (Å²) in [5.41, 5.74) is 8.03. The summed E-state index contributed by atoms with van der Waals surface area (Å²) in [5.74, 6) is 0. The fourth-order valence-electron chi connectivity index (χ4n) is 1.78. The molecule has 2 rings (SSSR count). The third-order valence-corrected chi connectivity index (χ3v) is 2.67. The van der Waals surface area contributed by atoms with E-state index in [9.17, 15) is 0 Å². The Bertz CT molecular complexity index is 434. The molecule has 74 valence electrons. The highest BCUT2D eigenvalue weighted by Gasteiger charge is 2.05. The molecular formula is C11H13ClN2. The number of nitrogens with zero attached hydrogens (tertiary/aromatic N) is 1. The van der Waals surface area contributed by atoms with E-state index in [4.69, 9.17) is 17.3 Å². The maximum atomic E-state index is 5.85. The zero-order chi connectivity index (χ0) is 9.97. The van der Waals surface area contributed by atoms with E-state index in [0.717, 1.165) is 6.42 Å². The van der Waals surface area contributed by atoms with E-state index in [1.165, 1.54) is 16.5 Å². The van der Waals surface area contributed by atoms with Gasteiger partial charge in [0.25, 0.3) is 0 Å². The van der Waals surface area contributed by atoms with Crippen molar-refractivity contribution in [1.29, 1.82) is 0 Å². The smallest absolute Gasteiger partial charge is 0.0971 e. The highest BCUT2D eigenvalue weighted by atomic mass is 35.5. The lowest BCUT2D eigenvalue weighted by molar-refractivity contribution is 0.906. The number of hydrogen-bond donors (Lipinski definition) is 1. The molecule has 0 spiro atoms. The molecule has 14 heavy (non-hydrogen) atoms. The van der Waals surface area contributed by atoms with Crippen molar-refractivity contribution in [1.82, 2.24) is 4.57 Å². The highest BCUT2D eigenvalue weighted by Crippen LogP contribution is 2.21. The van der Waals surface area contributed by atoms with Crippen molar-refractivity contribution in [3.05, 3.63) is 36.0 Å². The van der Waals surface area contributed by atoms with Gasteiger partial charge in [-0.05, 0) is 24.6 Å². The molecule has 0 saturated heterocycles. The van der Waals surface area contributed by atoms with Crippen LogP contribution in [0.15, 0.2) is 30.5 Å². The van der Waals surface area contributed by atoms with Gasteiger partial charge in [-0.3, -0.25) is 0 Å². The average Bonchev–Trinajstić information content (AvgIpc) is 2.58. The zero-order valence-corrected chi connectivity index (χ0v) is 8.67. The van der Waals surface area contributed by atoms with Crippen LogP contribution in [0, 0.1) is 0 Å². The fourth-order valence-corrected chi connectivity index (χ4v) is 1.97. The van der Waals surface area contributed by atoms with Gasteiger partial charge in [-0.1, -0.05) is 18.2 Å². The molecule has 0 radical (unpaired) electrons. The molecule has 0 aliphatic carbocycles. The molecule has 0 unspecified atom stereocenters. The van der Waals surface area contributed by atoms with Crippen LogP contribution in [0.1, 0.15) is 5.56 Å². The Balaban J connectivity index is 2.61. The number of rotatable bonds is 3. The largest absolute Gasteiger partial charge is 0.333 e. The van der Waals surface area contributed by atoms with Gasteiger partial charge in [0.2, 0.25) is 0 Å². The molecule has 0 aliphatic heterocycles. The number of aromatic nitrogens is 1. The molecule has 0 atom stereocenters. The SMILES string of the molecule is NCCc1cn(CCl)c2ccccc12. The van der Waals surface area contributed by atoms with Crippen LogP contribution >= 0.6 is 11.6 Å². The molecular weight excluding hydrogens is 196 g/mol. The summed E-state index contributed by atoms with van der Waals surface area (Å²) in [7, 11) is 0. The maximum Gasteiger partial charge on any atom is 0.0971 e. The van der Waals surface area contributed by atoms with Gasteiger partial charge in [0.1, 0.15) is 0 Å². The first-order valence-electron chi connectivity index (χ1n) is 4.69. The van der Waals surface area contributed by atoms with Crippen molar-refractivity contribution in [3.63, 3.8) is 0 Å². The molecule has 0 bridgehead atoms. The first-order chi connectivity index (χ1) is 6.86. The van der Waals surface area contributed by atoms with Crippen LogP contribution in [0.2, 0.25) is 0 Å². The standard InChI is InChI=1S/C11H13ClN2/c12-8-14-7-9(5-6-13)10-3-1-2-4-11(10)14/h1-4,7H,5-6,8,13H2. The summed E-state index contributed by atoms with van der Waals surface area (Å²) in [5, 5.41) is 1.26. The van der Waals surface area contributed by atoms with Crippen LogP contribution in [0.3, 0.4) is 0 Å². The van der Waals surface area contributed by atoms with Crippen LogP contribution < -0.4 is 5.73 Å². The second-order valence-corrected chi connectivity index (χ2v) is 3.54. The average molecular weight is 209 g/mol. The van der Waals surface area contributed by atoms with Crippen LogP contribution in [0.5, 0.6) is 0 Å². The number of nitrogens with two attached hydrogens (primary N) is 1. The number of alkyl halides is 1. The van der Waals surface area contributed by atoms with Gasteiger partial charge in [0.05, 0.1) is 6.00 Å². The van der Waals surface area contributed by atoms with Gasteiger partial charge in [0.15, 0.2) is 0 Å². The summed E-state index contributed by atoms with van der Waals surface area (Å²) in [6, 6.07) is 8.75. The number of fused-ring (bicyclic) bond motifs is 1. The molecule has 0 fully saturated rings.